The summed E-state index contributed by atoms with van der Waals surface area (Å²) >= 11 is 0. The van der Waals surface area contributed by atoms with Gasteiger partial charge in [-0.05, 0) is 76.5 Å². The van der Waals surface area contributed by atoms with Gasteiger partial charge in [-0.1, -0.05) is 12.1 Å². The molecular weight excluding hydrogens is 258 g/mol. The van der Waals surface area contributed by atoms with Gasteiger partial charge in [0.15, 0.2) is 0 Å². The van der Waals surface area contributed by atoms with Crippen LogP contribution < -0.4 is 5.73 Å². The predicted molar refractivity (Wildman–Crippen MR) is 90.7 cm³/mol. The number of hydrogen-bond donors (Lipinski definition) is 1. The number of likely N-dealkylation sites (N-methyl/N-ethyl adjacent to an activating group) is 1. The van der Waals surface area contributed by atoms with Gasteiger partial charge in [-0.2, -0.15) is 0 Å². The van der Waals surface area contributed by atoms with Gasteiger partial charge in [-0.25, -0.2) is 0 Å². The van der Waals surface area contributed by atoms with Crippen LogP contribution in [0, 0.1) is 20.8 Å². The summed E-state index contributed by atoms with van der Waals surface area (Å²) in [7, 11) is 4.32. The normalized spacial score (nSPS) is 21.2. The molecule has 3 nitrogen and oxygen atoms in total. The maximum Gasteiger partial charge on any atom is 0.0476 e. The molecule has 0 aromatic heterocycles. The summed E-state index contributed by atoms with van der Waals surface area (Å²) in [6.07, 6.45) is 2.58. The Balaban J connectivity index is 2.28. The highest BCUT2D eigenvalue weighted by atomic mass is 15.2. The summed E-state index contributed by atoms with van der Waals surface area (Å²) in [5.74, 6) is 0. The van der Waals surface area contributed by atoms with E-state index in [1.165, 1.54) is 41.6 Å². The molecule has 2 rings (SSSR count). The van der Waals surface area contributed by atoms with E-state index < -0.39 is 0 Å². The van der Waals surface area contributed by atoms with Crippen molar-refractivity contribution >= 4 is 0 Å². The Bertz CT molecular complexity index is 482. The van der Waals surface area contributed by atoms with Gasteiger partial charge < -0.3 is 10.6 Å². The molecule has 21 heavy (non-hydrogen) atoms. The van der Waals surface area contributed by atoms with E-state index in [4.69, 9.17) is 5.73 Å². The van der Waals surface area contributed by atoms with Crippen LogP contribution in [0.25, 0.3) is 0 Å². The highest BCUT2D eigenvalue weighted by molar-refractivity contribution is 5.38. The second-order valence-corrected chi connectivity index (χ2v) is 6.84. The molecule has 0 aliphatic carbocycles. The van der Waals surface area contributed by atoms with Crippen LogP contribution in [0.2, 0.25) is 0 Å². The second kappa shape index (κ2) is 6.91. The third kappa shape index (κ3) is 3.65. The largest absolute Gasteiger partial charge is 0.329 e. The summed E-state index contributed by atoms with van der Waals surface area (Å²) in [5, 5.41) is 0. The lowest BCUT2D eigenvalue weighted by molar-refractivity contribution is 0.155. The molecule has 0 bridgehead atoms. The van der Waals surface area contributed by atoms with Crippen molar-refractivity contribution in [1.29, 1.82) is 0 Å². The molecule has 1 aromatic rings. The SMILES string of the molecule is Cc1cc(C)c(C(CN)N2CCCC2CN(C)C)cc1C. The monoisotopic (exact) mass is 289 g/mol. The number of hydrogen-bond acceptors (Lipinski definition) is 3. The molecule has 0 spiro atoms. The van der Waals surface area contributed by atoms with Gasteiger partial charge in [0.05, 0.1) is 0 Å². The molecule has 1 aromatic carbocycles. The number of likely N-dealkylation sites (tertiary alicyclic amines) is 1. The zero-order valence-corrected chi connectivity index (χ0v) is 14.3. The van der Waals surface area contributed by atoms with Gasteiger partial charge >= 0.3 is 0 Å². The van der Waals surface area contributed by atoms with E-state index in [0.717, 1.165) is 6.54 Å². The number of rotatable bonds is 5. The van der Waals surface area contributed by atoms with Crippen LogP contribution in [0.15, 0.2) is 12.1 Å². The van der Waals surface area contributed by atoms with Gasteiger partial charge in [0.2, 0.25) is 0 Å². The van der Waals surface area contributed by atoms with E-state index in [1.807, 2.05) is 0 Å². The number of aryl methyl sites for hydroxylation is 3. The first-order valence-corrected chi connectivity index (χ1v) is 8.12. The van der Waals surface area contributed by atoms with Crippen LogP contribution in [0.1, 0.15) is 41.1 Å². The van der Waals surface area contributed by atoms with Gasteiger partial charge in [-0.3, -0.25) is 4.90 Å². The minimum Gasteiger partial charge on any atom is -0.329 e. The van der Waals surface area contributed by atoms with Crippen LogP contribution in [-0.2, 0) is 0 Å². The Morgan fingerprint density at radius 3 is 2.48 bits per heavy atom. The van der Waals surface area contributed by atoms with E-state index in [1.54, 1.807) is 0 Å². The first kappa shape index (κ1) is 16.5. The van der Waals surface area contributed by atoms with Crippen LogP contribution in [0.4, 0.5) is 0 Å². The molecular formula is C18H31N3. The zero-order valence-electron chi connectivity index (χ0n) is 14.3. The van der Waals surface area contributed by atoms with E-state index >= 15 is 0 Å². The van der Waals surface area contributed by atoms with E-state index in [2.05, 4.69) is 56.8 Å². The molecule has 118 valence electrons. The summed E-state index contributed by atoms with van der Waals surface area (Å²) in [4.78, 5) is 4.93. The van der Waals surface area contributed by atoms with Crippen molar-refractivity contribution in [3.05, 3.63) is 34.4 Å². The van der Waals surface area contributed by atoms with Crippen molar-refractivity contribution in [2.75, 3.05) is 33.7 Å². The minimum atomic E-state index is 0.358. The molecule has 0 amide bonds. The molecule has 3 heteroatoms. The maximum absolute atomic E-state index is 6.18. The van der Waals surface area contributed by atoms with Crippen molar-refractivity contribution in [2.45, 2.75) is 45.7 Å². The fourth-order valence-electron chi connectivity index (χ4n) is 3.67. The van der Waals surface area contributed by atoms with Crippen molar-refractivity contribution in [2.24, 2.45) is 5.73 Å². The zero-order chi connectivity index (χ0) is 15.6. The van der Waals surface area contributed by atoms with Crippen molar-refractivity contribution in [3.63, 3.8) is 0 Å². The van der Waals surface area contributed by atoms with Crippen LogP contribution >= 0.6 is 0 Å². The fourth-order valence-corrected chi connectivity index (χ4v) is 3.67. The lowest BCUT2D eigenvalue weighted by Gasteiger charge is -2.35. The minimum absolute atomic E-state index is 0.358. The van der Waals surface area contributed by atoms with Gasteiger partial charge in [0.1, 0.15) is 0 Å². The Labute approximate surface area is 130 Å². The lowest BCUT2D eigenvalue weighted by atomic mass is 9.94. The molecule has 0 radical (unpaired) electrons. The Morgan fingerprint density at radius 2 is 1.86 bits per heavy atom. The van der Waals surface area contributed by atoms with Crippen molar-refractivity contribution in [3.8, 4) is 0 Å². The standard InChI is InChI=1S/C18H31N3/c1-13-9-15(3)17(10-14(13)2)18(11-19)21-8-6-7-16(21)12-20(4)5/h9-10,16,18H,6-8,11-12,19H2,1-5H3. The fraction of sp³-hybridized carbons (Fsp3) is 0.667. The number of benzene rings is 1. The van der Waals surface area contributed by atoms with E-state index in [9.17, 15) is 0 Å². The van der Waals surface area contributed by atoms with Crippen molar-refractivity contribution in [1.82, 2.24) is 9.80 Å². The van der Waals surface area contributed by atoms with Crippen LogP contribution in [0.3, 0.4) is 0 Å². The Kier molecular flexibility index (Phi) is 5.42. The first-order valence-electron chi connectivity index (χ1n) is 8.12. The van der Waals surface area contributed by atoms with Crippen LogP contribution in [0.5, 0.6) is 0 Å². The molecule has 2 atom stereocenters. The highest BCUT2D eigenvalue weighted by Gasteiger charge is 2.31. The summed E-state index contributed by atoms with van der Waals surface area (Å²) in [6, 6.07) is 5.66. The maximum atomic E-state index is 6.18. The quantitative estimate of drug-likeness (QED) is 0.904. The van der Waals surface area contributed by atoms with E-state index in [-0.39, 0.29) is 0 Å². The van der Waals surface area contributed by atoms with Crippen LogP contribution in [-0.4, -0.2) is 49.6 Å². The average Bonchev–Trinajstić information content (AvgIpc) is 2.84. The Hall–Kier alpha value is -0.900. The smallest absolute Gasteiger partial charge is 0.0476 e. The molecule has 1 saturated heterocycles. The summed E-state index contributed by atoms with van der Waals surface area (Å²) < 4.78 is 0. The summed E-state index contributed by atoms with van der Waals surface area (Å²) in [5.41, 5.74) is 11.7. The molecule has 1 heterocycles. The summed E-state index contributed by atoms with van der Waals surface area (Å²) in [6.45, 7) is 9.61. The predicted octanol–water partition coefficient (Wildman–Crippen LogP) is 2.64. The molecule has 1 fully saturated rings. The second-order valence-electron chi connectivity index (χ2n) is 6.84. The average molecular weight is 289 g/mol. The molecule has 2 N–H and O–H groups in total. The third-order valence-electron chi connectivity index (χ3n) is 4.86. The molecule has 2 unspecified atom stereocenters. The van der Waals surface area contributed by atoms with E-state index in [0.29, 0.717) is 18.6 Å². The van der Waals surface area contributed by atoms with Gasteiger partial charge in [0.25, 0.3) is 0 Å². The number of nitrogens with zero attached hydrogens (tertiary/aromatic N) is 2. The number of nitrogens with two attached hydrogens (primary N) is 1. The lowest BCUT2D eigenvalue weighted by Crippen LogP contribution is -2.42. The van der Waals surface area contributed by atoms with Gasteiger partial charge in [-0.15, -0.1) is 0 Å². The third-order valence-corrected chi connectivity index (χ3v) is 4.86. The first-order chi connectivity index (χ1) is 9.93. The van der Waals surface area contributed by atoms with Crippen molar-refractivity contribution < 1.29 is 0 Å². The van der Waals surface area contributed by atoms with Gasteiger partial charge in [0, 0.05) is 25.2 Å². The molecule has 1 aliphatic rings. The molecule has 0 saturated carbocycles. The topological polar surface area (TPSA) is 32.5 Å². The Morgan fingerprint density at radius 1 is 1.19 bits per heavy atom. The highest BCUT2D eigenvalue weighted by Crippen LogP contribution is 2.32. The molecule has 1 aliphatic heterocycles.